The topological polar surface area (TPSA) is 54.3 Å². The van der Waals surface area contributed by atoms with Gasteiger partial charge >= 0.3 is 0 Å². The van der Waals surface area contributed by atoms with Crippen LogP contribution in [0.5, 0.6) is 0 Å². The lowest BCUT2D eigenvalue weighted by Gasteiger charge is -2.28. The van der Waals surface area contributed by atoms with Crippen molar-refractivity contribution in [3.63, 3.8) is 0 Å². The number of para-hydroxylation sites is 1. The summed E-state index contributed by atoms with van der Waals surface area (Å²) in [5.41, 5.74) is 0.754. The van der Waals surface area contributed by atoms with Crippen LogP contribution in [0.2, 0.25) is 0 Å². The number of nitrogens with one attached hydrogen (secondary N) is 2. The summed E-state index contributed by atoms with van der Waals surface area (Å²) in [6.45, 7) is 4.13. The predicted molar refractivity (Wildman–Crippen MR) is 86.0 cm³/mol. The number of amides is 1. The number of fused-ring (bicyclic) bond motifs is 1. The van der Waals surface area contributed by atoms with E-state index in [0.29, 0.717) is 11.7 Å². The second kappa shape index (κ2) is 6.96. The quantitative estimate of drug-likeness (QED) is 0.916. The molecule has 1 saturated heterocycles. The summed E-state index contributed by atoms with van der Waals surface area (Å²) in [5.74, 6) is 0.762. The lowest BCUT2D eigenvalue weighted by Crippen LogP contribution is -2.44. The van der Waals surface area contributed by atoms with E-state index >= 15 is 0 Å². The molecule has 4 nitrogen and oxygen atoms in total. The van der Waals surface area contributed by atoms with Crippen molar-refractivity contribution in [1.29, 1.82) is 0 Å². The first kappa shape index (κ1) is 15.9. The molecule has 0 saturated carbocycles. The average molecular weight is 309 g/mol. The molecular weight excluding hydrogens is 288 g/mol. The first-order chi connectivity index (χ1) is 9.74. The first-order valence-corrected chi connectivity index (χ1v) is 7.24. The summed E-state index contributed by atoms with van der Waals surface area (Å²) >= 11 is 0. The van der Waals surface area contributed by atoms with Crippen LogP contribution >= 0.6 is 12.4 Å². The number of carbonyl (C=O) groups is 1. The van der Waals surface area contributed by atoms with Crippen molar-refractivity contribution < 1.29 is 9.21 Å². The number of hydrogen-bond donors (Lipinski definition) is 2. The summed E-state index contributed by atoms with van der Waals surface area (Å²) in [4.78, 5) is 12.2. The molecule has 1 aliphatic heterocycles. The van der Waals surface area contributed by atoms with Crippen molar-refractivity contribution in [2.45, 2.75) is 25.8 Å². The number of benzene rings is 1. The maximum atomic E-state index is 12.2. The van der Waals surface area contributed by atoms with Gasteiger partial charge in [-0.2, -0.15) is 0 Å². The van der Waals surface area contributed by atoms with E-state index < -0.39 is 0 Å². The standard InChI is InChI=1S/C16H20N2O2.ClH/c1-11(13-6-4-8-17-10-13)18-16(19)15-9-12-5-2-3-7-14(12)20-15;/h2-3,5,7,9,11,13,17H,4,6,8,10H2,1H3,(H,18,19);1H. The van der Waals surface area contributed by atoms with Gasteiger partial charge < -0.3 is 15.1 Å². The SMILES string of the molecule is CC(NC(=O)c1cc2ccccc2o1)C1CCCNC1.Cl. The zero-order valence-corrected chi connectivity index (χ0v) is 12.9. The molecule has 2 heterocycles. The van der Waals surface area contributed by atoms with E-state index in [4.69, 9.17) is 4.42 Å². The molecule has 0 radical (unpaired) electrons. The third-order valence-corrected chi connectivity index (χ3v) is 4.05. The largest absolute Gasteiger partial charge is 0.451 e. The maximum absolute atomic E-state index is 12.2. The molecule has 1 aliphatic rings. The number of piperidine rings is 1. The molecular formula is C16H21ClN2O2. The van der Waals surface area contributed by atoms with Crippen molar-refractivity contribution in [2.75, 3.05) is 13.1 Å². The van der Waals surface area contributed by atoms with Crippen molar-refractivity contribution in [1.82, 2.24) is 10.6 Å². The molecule has 1 fully saturated rings. The summed E-state index contributed by atoms with van der Waals surface area (Å²) in [5, 5.41) is 7.39. The van der Waals surface area contributed by atoms with Gasteiger partial charge in [0.05, 0.1) is 0 Å². The van der Waals surface area contributed by atoms with E-state index in [-0.39, 0.29) is 24.4 Å². The van der Waals surface area contributed by atoms with Crippen molar-refractivity contribution >= 4 is 29.3 Å². The molecule has 2 aromatic rings. The Morgan fingerprint density at radius 1 is 1.43 bits per heavy atom. The second-order valence-electron chi connectivity index (χ2n) is 5.52. The Morgan fingerprint density at radius 3 is 2.95 bits per heavy atom. The summed E-state index contributed by atoms with van der Waals surface area (Å²) < 4.78 is 5.59. The Morgan fingerprint density at radius 2 is 2.24 bits per heavy atom. The zero-order valence-electron chi connectivity index (χ0n) is 12.1. The van der Waals surface area contributed by atoms with Crippen molar-refractivity contribution in [3.05, 3.63) is 36.1 Å². The number of carbonyl (C=O) groups excluding carboxylic acids is 1. The van der Waals surface area contributed by atoms with Gasteiger partial charge in [0, 0.05) is 11.4 Å². The molecule has 3 rings (SSSR count). The van der Waals surface area contributed by atoms with Crippen molar-refractivity contribution in [2.24, 2.45) is 5.92 Å². The highest BCUT2D eigenvalue weighted by atomic mass is 35.5. The van der Waals surface area contributed by atoms with E-state index in [1.54, 1.807) is 6.07 Å². The Kier molecular flexibility index (Phi) is 5.26. The minimum absolute atomic E-state index is 0. The summed E-state index contributed by atoms with van der Waals surface area (Å²) in [7, 11) is 0. The van der Waals surface area contributed by atoms with Gasteiger partial charge in [-0.25, -0.2) is 0 Å². The third kappa shape index (κ3) is 3.57. The Bertz CT molecular complexity index is 572. The van der Waals surface area contributed by atoms with Crippen LogP contribution in [0.1, 0.15) is 30.3 Å². The molecule has 1 aromatic carbocycles. The van der Waals surface area contributed by atoms with Crippen LogP contribution < -0.4 is 10.6 Å². The molecule has 1 aromatic heterocycles. The fourth-order valence-corrected chi connectivity index (χ4v) is 2.80. The maximum Gasteiger partial charge on any atom is 0.287 e. The molecule has 1 amide bonds. The lowest BCUT2D eigenvalue weighted by molar-refractivity contribution is 0.0896. The molecule has 114 valence electrons. The number of halogens is 1. The van der Waals surface area contributed by atoms with Crippen LogP contribution in [0.3, 0.4) is 0 Å². The smallest absolute Gasteiger partial charge is 0.287 e. The monoisotopic (exact) mass is 308 g/mol. The van der Waals surface area contributed by atoms with Crippen LogP contribution in [0.4, 0.5) is 0 Å². The van der Waals surface area contributed by atoms with Gasteiger partial charge in [-0.1, -0.05) is 18.2 Å². The van der Waals surface area contributed by atoms with Gasteiger partial charge in [0.1, 0.15) is 5.58 Å². The van der Waals surface area contributed by atoms with Crippen LogP contribution in [0, 0.1) is 5.92 Å². The lowest BCUT2D eigenvalue weighted by atomic mass is 9.93. The fourth-order valence-electron chi connectivity index (χ4n) is 2.80. The Hall–Kier alpha value is -1.52. The van der Waals surface area contributed by atoms with E-state index in [1.165, 1.54) is 6.42 Å². The van der Waals surface area contributed by atoms with Gasteiger partial charge in [0.15, 0.2) is 5.76 Å². The fraction of sp³-hybridized carbons (Fsp3) is 0.438. The highest BCUT2D eigenvalue weighted by molar-refractivity contribution is 5.96. The number of rotatable bonds is 3. The molecule has 0 bridgehead atoms. The number of furan rings is 1. The first-order valence-electron chi connectivity index (χ1n) is 7.24. The van der Waals surface area contributed by atoms with Crippen molar-refractivity contribution in [3.8, 4) is 0 Å². The van der Waals surface area contributed by atoms with Gasteiger partial charge in [0.2, 0.25) is 0 Å². The molecule has 21 heavy (non-hydrogen) atoms. The van der Waals surface area contributed by atoms with E-state index in [1.807, 2.05) is 24.3 Å². The van der Waals surface area contributed by atoms with Crippen LogP contribution in [0.25, 0.3) is 11.0 Å². The molecule has 2 unspecified atom stereocenters. The molecule has 2 atom stereocenters. The summed E-state index contributed by atoms with van der Waals surface area (Å²) in [6.07, 6.45) is 2.34. The van der Waals surface area contributed by atoms with Gasteiger partial charge in [-0.05, 0) is 50.9 Å². The summed E-state index contributed by atoms with van der Waals surface area (Å²) in [6, 6.07) is 9.63. The zero-order chi connectivity index (χ0) is 13.9. The molecule has 2 N–H and O–H groups in total. The Labute approximate surface area is 130 Å². The van der Waals surface area contributed by atoms with Gasteiger partial charge in [0.25, 0.3) is 5.91 Å². The number of hydrogen-bond acceptors (Lipinski definition) is 3. The highest BCUT2D eigenvalue weighted by Crippen LogP contribution is 2.20. The van der Waals surface area contributed by atoms with Gasteiger partial charge in [-0.3, -0.25) is 4.79 Å². The van der Waals surface area contributed by atoms with Crippen LogP contribution in [0.15, 0.2) is 34.7 Å². The molecule has 0 aliphatic carbocycles. The van der Waals surface area contributed by atoms with E-state index in [0.717, 1.165) is 30.5 Å². The minimum Gasteiger partial charge on any atom is -0.451 e. The van der Waals surface area contributed by atoms with Gasteiger partial charge in [-0.15, -0.1) is 12.4 Å². The highest BCUT2D eigenvalue weighted by Gasteiger charge is 2.22. The third-order valence-electron chi connectivity index (χ3n) is 4.05. The average Bonchev–Trinajstić information content (AvgIpc) is 2.92. The Balaban J connectivity index is 0.00000161. The molecule has 5 heteroatoms. The predicted octanol–water partition coefficient (Wildman–Crippen LogP) is 2.97. The minimum atomic E-state index is -0.126. The van der Waals surface area contributed by atoms with Crippen LogP contribution in [-0.4, -0.2) is 25.0 Å². The van der Waals surface area contributed by atoms with Crippen LogP contribution in [-0.2, 0) is 0 Å². The normalized spacial score (nSPS) is 19.8. The van der Waals surface area contributed by atoms with E-state index in [9.17, 15) is 4.79 Å². The van der Waals surface area contributed by atoms with E-state index in [2.05, 4.69) is 17.6 Å². The molecule has 0 spiro atoms. The second-order valence-corrected chi connectivity index (χ2v) is 5.52.